The van der Waals surface area contributed by atoms with E-state index in [9.17, 15) is 4.79 Å². The van der Waals surface area contributed by atoms with Crippen LogP contribution in [-0.2, 0) is 11.2 Å². The summed E-state index contributed by atoms with van der Waals surface area (Å²) in [6.45, 7) is 0.943. The van der Waals surface area contributed by atoms with Crippen molar-refractivity contribution < 1.29 is 4.79 Å². The first-order chi connectivity index (χ1) is 12.3. The molecular formula is C20H20N2OS2. The molecule has 2 N–H and O–H groups in total. The van der Waals surface area contributed by atoms with Crippen molar-refractivity contribution in [2.75, 3.05) is 18.4 Å². The average molecular weight is 369 g/mol. The van der Waals surface area contributed by atoms with Crippen molar-refractivity contribution >= 4 is 34.7 Å². The van der Waals surface area contributed by atoms with Crippen LogP contribution in [0, 0.1) is 0 Å². The minimum Gasteiger partial charge on any atom is -0.375 e. The van der Waals surface area contributed by atoms with Gasteiger partial charge in [0.2, 0.25) is 5.91 Å². The van der Waals surface area contributed by atoms with Gasteiger partial charge in [0, 0.05) is 26.9 Å². The van der Waals surface area contributed by atoms with Crippen molar-refractivity contribution in [2.24, 2.45) is 0 Å². The maximum absolute atomic E-state index is 12.0. The molecule has 2 aromatic carbocycles. The summed E-state index contributed by atoms with van der Waals surface area (Å²) in [5.74, 6) is 0.0103. The number of amides is 1. The highest BCUT2D eigenvalue weighted by Crippen LogP contribution is 2.32. The molecule has 0 aliphatic rings. The van der Waals surface area contributed by atoms with E-state index in [1.807, 2.05) is 42.5 Å². The Bertz CT molecular complexity index is 788. The summed E-state index contributed by atoms with van der Waals surface area (Å²) in [4.78, 5) is 15.6. The molecule has 0 saturated heterocycles. The van der Waals surface area contributed by atoms with E-state index in [1.54, 1.807) is 23.1 Å². The molecule has 0 bridgehead atoms. The second-order valence-corrected chi connectivity index (χ2v) is 7.59. The number of benzene rings is 2. The van der Waals surface area contributed by atoms with Gasteiger partial charge in [0.05, 0.1) is 6.54 Å². The van der Waals surface area contributed by atoms with Gasteiger partial charge in [0.1, 0.15) is 0 Å². The Morgan fingerprint density at radius 3 is 2.56 bits per heavy atom. The predicted octanol–water partition coefficient (Wildman–Crippen LogP) is 4.67. The summed E-state index contributed by atoms with van der Waals surface area (Å²) in [5, 5.41) is 8.26. The Balaban J connectivity index is 1.50. The lowest BCUT2D eigenvalue weighted by Gasteiger charge is -2.12. The normalized spacial score (nSPS) is 10.4. The van der Waals surface area contributed by atoms with Crippen molar-refractivity contribution in [3.63, 3.8) is 0 Å². The van der Waals surface area contributed by atoms with Crippen LogP contribution in [0.4, 0.5) is 5.69 Å². The van der Waals surface area contributed by atoms with Crippen LogP contribution in [0.1, 0.15) is 4.88 Å². The predicted molar refractivity (Wildman–Crippen MR) is 107 cm³/mol. The summed E-state index contributed by atoms with van der Waals surface area (Å²) in [6, 6.07) is 22.4. The zero-order chi connectivity index (χ0) is 17.3. The Kier molecular flexibility index (Phi) is 6.54. The van der Waals surface area contributed by atoms with E-state index in [-0.39, 0.29) is 12.5 Å². The topological polar surface area (TPSA) is 41.1 Å². The van der Waals surface area contributed by atoms with Gasteiger partial charge in [-0.2, -0.15) is 0 Å². The third-order valence-corrected chi connectivity index (χ3v) is 5.59. The standard InChI is InChI=1S/C20H20N2OS2/c23-20(21-13-12-16-9-6-14-24-16)15-22-18-10-4-5-11-19(18)25-17-7-2-1-3-8-17/h1-11,14,22H,12-13,15H2,(H,21,23). The highest BCUT2D eigenvalue weighted by Gasteiger charge is 2.06. The smallest absolute Gasteiger partial charge is 0.239 e. The second-order valence-electron chi connectivity index (χ2n) is 5.44. The fourth-order valence-corrected chi connectivity index (χ4v) is 3.99. The molecule has 0 saturated carbocycles. The van der Waals surface area contributed by atoms with Crippen molar-refractivity contribution in [3.05, 3.63) is 77.0 Å². The maximum atomic E-state index is 12.0. The van der Waals surface area contributed by atoms with Gasteiger partial charge in [-0.15, -0.1) is 11.3 Å². The monoisotopic (exact) mass is 368 g/mol. The van der Waals surface area contributed by atoms with Crippen LogP contribution in [-0.4, -0.2) is 19.0 Å². The van der Waals surface area contributed by atoms with E-state index >= 15 is 0 Å². The SMILES string of the molecule is O=C(CNc1ccccc1Sc1ccccc1)NCCc1cccs1. The Morgan fingerprint density at radius 2 is 1.76 bits per heavy atom. The van der Waals surface area contributed by atoms with Gasteiger partial charge in [-0.05, 0) is 42.1 Å². The largest absolute Gasteiger partial charge is 0.375 e. The van der Waals surface area contributed by atoms with Gasteiger partial charge in [0.15, 0.2) is 0 Å². The highest BCUT2D eigenvalue weighted by molar-refractivity contribution is 7.99. The third-order valence-electron chi connectivity index (χ3n) is 3.57. The molecule has 3 aromatic rings. The number of nitrogens with one attached hydrogen (secondary N) is 2. The molecule has 0 spiro atoms. The van der Waals surface area contributed by atoms with E-state index in [0.717, 1.165) is 17.0 Å². The Morgan fingerprint density at radius 1 is 0.960 bits per heavy atom. The van der Waals surface area contributed by atoms with Crippen molar-refractivity contribution in [3.8, 4) is 0 Å². The van der Waals surface area contributed by atoms with Gasteiger partial charge in [0.25, 0.3) is 0 Å². The van der Waals surface area contributed by atoms with E-state index in [0.29, 0.717) is 6.54 Å². The fourth-order valence-electron chi connectivity index (χ4n) is 2.34. The molecule has 0 atom stereocenters. The van der Waals surface area contributed by atoms with E-state index in [2.05, 4.69) is 40.3 Å². The van der Waals surface area contributed by atoms with E-state index < -0.39 is 0 Å². The summed E-state index contributed by atoms with van der Waals surface area (Å²) in [5.41, 5.74) is 0.977. The minimum absolute atomic E-state index is 0.0103. The molecule has 3 nitrogen and oxygen atoms in total. The van der Waals surface area contributed by atoms with Crippen LogP contribution in [0.25, 0.3) is 0 Å². The van der Waals surface area contributed by atoms with Crippen LogP contribution in [0.5, 0.6) is 0 Å². The molecule has 0 aliphatic carbocycles. The van der Waals surface area contributed by atoms with Crippen molar-refractivity contribution in [1.82, 2.24) is 5.32 Å². The number of para-hydroxylation sites is 1. The third kappa shape index (κ3) is 5.66. The van der Waals surface area contributed by atoms with Crippen molar-refractivity contribution in [1.29, 1.82) is 0 Å². The first kappa shape index (κ1) is 17.6. The number of rotatable bonds is 8. The lowest BCUT2D eigenvalue weighted by Crippen LogP contribution is -2.31. The molecule has 0 fully saturated rings. The summed E-state index contributed by atoms with van der Waals surface area (Å²) >= 11 is 3.41. The van der Waals surface area contributed by atoms with Crippen molar-refractivity contribution in [2.45, 2.75) is 16.2 Å². The number of thiophene rings is 1. The molecule has 0 aliphatic heterocycles. The average Bonchev–Trinajstić information content (AvgIpc) is 3.15. The van der Waals surface area contributed by atoms with Crippen LogP contribution in [0.3, 0.4) is 0 Å². The highest BCUT2D eigenvalue weighted by atomic mass is 32.2. The quantitative estimate of drug-likeness (QED) is 0.607. The number of anilines is 1. The molecule has 5 heteroatoms. The lowest BCUT2D eigenvalue weighted by atomic mass is 10.3. The van der Waals surface area contributed by atoms with E-state index in [4.69, 9.17) is 0 Å². The van der Waals surface area contributed by atoms with Crippen LogP contribution >= 0.6 is 23.1 Å². The minimum atomic E-state index is 0.0103. The van der Waals surface area contributed by atoms with Gasteiger partial charge >= 0.3 is 0 Å². The molecule has 0 radical (unpaired) electrons. The lowest BCUT2D eigenvalue weighted by molar-refractivity contribution is -0.119. The van der Waals surface area contributed by atoms with E-state index in [1.165, 1.54) is 9.77 Å². The number of hydrogen-bond acceptors (Lipinski definition) is 4. The first-order valence-electron chi connectivity index (χ1n) is 8.16. The molecule has 0 unspecified atom stereocenters. The van der Waals surface area contributed by atoms with Crippen LogP contribution in [0.2, 0.25) is 0 Å². The number of hydrogen-bond donors (Lipinski definition) is 2. The molecule has 3 rings (SSSR count). The molecule has 128 valence electrons. The molecule has 1 amide bonds. The summed E-state index contributed by atoms with van der Waals surface area (Å²) < 4.78 is 0. The summed E-state index contributed by atoms with van der Waals surface area (Å²) in [6.07, 6.45) is 0.879. The first-order valence-corrected chi connectivity index (χ1v) is 9.86. The Labute approximate surface area is 156 Å². The Hall–Kier alpha value is -2.24. The van der Waals surface area contributed by atoms with Gasteiger partial charge in [-0.1, -0.05) is 48.2 Å². The van der Waals surface area contributed by atoms with Crippen LogP contribution < -0.4 is 10.6 Å². The van der Waals surface area contributed by atoms with Gasteiger partial charge in [-0.3, -0.25) is 4.79 Å². The number of carbonyl (C=O) groups excluding carboxylic acids is 1. The zero-order valence-electron chi connectivity index (χ0n) is 13.8. The van der Waals surface area contributed by atoms with Gasteiger partial charge in [-0.25, -0.2) is 0 Å². The molecular weight excluding hydrogens is 348 g/mol. The van der Waals surface area contributed by atoms with Crippen LogP contribution in [0.15, 0.2) is 81.9 Å². The summed E-state index contributed by atoms with van der Waals surface area (Å²) in [7, 11) is 0. The zero-order valence-corrected chi connectivity index (χ0v) is 15.4. The molecule has 1 aromatic heterocycles. The molecule has 1 heterocycles. The second kappa shape index (κ2) is 9.30. The van der Waals surface area contributed by atoms with Gasteiger partial charge < -0.3 is 10.6 Å². The number of carbonyl (C=O) groups is 1. The maximum Gasteiger partial charge on any atom is 0.239 e. The molecule has 25 heavy (non-hydrogen) atoms. The fraction of sp³-hybridized carbons (Fsp3) is 0.150.